The Morgan fingerprint density at radius 2 is 2.17 bits per heavy atom. The van der Waals surface area contributed by atoms with Crippen molar-refractivity contribution < 1.29 is 19.8 Å². The van der Waals surface area contributed by atoms with Crippen molar-refractivity contribution in [3.8, 4) is 0 Å². The van der Waals surface area contributed by atoms with Crippen molar-refractivity contribution >= 4 is 11.9 Å². The molecule has 1 aliphatic rings. The highest BCUT2D eigenvalue weighted by molar-refractivity contribution is 6.01. The fourth-order valence-corrected chi connectivity index (χ4v) is 0.935. The second-order valence-corrected chi connectivity index (χ2v) is 2.54. The molecular formula is C6H10N2O4. The molecule has 3 N–H and O–H groups in total. The van der Waals surface area contributed by atoms with Gasteiger partial charge in [-0.3, -0.25) is 10.1 Å². The van der Waals surface area contributed by atoms with Gasteiger partial charge < -0.3 is 15.1 Å². The van der Waals surface area contributed by atoms with Crippen LogP contribution in [-0.2, 0) is 4.79 Å². The Morgan fingerprint density at radius 3 is 2.58 bits per heavy atom. The molecule has 0 atom stereocenters. The van der Waals surface area contributed by atoms with Crippen LogP contribution in [0.1, 0.15) is 6.42 Å². The molecule has 0 unspecified atom stereocenters. The summed E-state index contributed by atoms with van der Waals surface area (Å²) in [5.74, 6) is -0.354. The largest absolute Gasteiger partial charge is 0.368 e. The van der Waals surface area contributed by atoms with Crippen LogP contribution in [0.3, 0.4) is 0 Å². The Hall–Kier alpha value is -1.14. The zero-order chi connectivity index (χ0) is 9.14. The second-order valence-electron chi connectivity index (χ2n) is 2.54. The Labute approximate surface area is 68.8 Å². The number of imide groups is 1. The van der Waals surface area contributed by atoms with Crippen LogP contribution in [0, 0.1) is 0 Å². The third-order valence-corrected chi connectivity index (χ3v) is 1.53. The number of aliphatic hydroxyl groups is 2. The molecule has 0 saturated carbocycles. The van der Waals surface area contributed by atoms with Crippen molar-refractivity contribution in [2.75, 3.05) is 13.1 Å². The van der Waals surface area contributed by atoms with Crippen molar-refractivity contribution in [1.82, 2.24) is 10.2 Å². The summed E-state index contributed by atoms with van der Waals surface area (Å²) in [6.07, 6.45) is -1.38. The zero-order valence-corrected chi connectivity index (χ0v) is 6.36. The maximum Gasteiger partial charge on any atom is 0.324 e. The summed E-state index contributed by atoms with van der Waals surface area (Å²) in [5, 5.41) is 19.0. The minimum atomic E-state index is -1.44. The molecule has 68 valence electrons. The molecule has 0 bridgehead atoms. The third-order valence-electron chi connectivity index (χ3n) is 1.53. The normalized spacial score (nSPS) is 17.4. The van der Waals surface area contributed by atoms with Crippen molar-refractivity contribution in [1.29, 1.82) is 0 Å². The van der Waals surface area contributed by atoms with E-state index in [-0.39, 0.29) is 25.4 Å². The Kier molecular flexibility index (Phi) is 2.61. The highest BCUT2D eigenvalue weighted by Crippen LogP contribution is 2.00. The number of hydrogen-bond donors (Lipinski definition) is 3. The molecule has 0 aromatic rings. The van der Waals surface area contributed by atoms with Gasteiger partial charge in [-0.05, 0) is 0 Å². The smallest absolute Gasteiger partial charge is 0.324 e. The van der Waals surface area contributed by atoms with Crippen LogP contribution in [0.25, 0.3) is 0 Å². The van der Waals surface area contributed by atoms with Crippen LogP contribution in [0.4, 0.5) is 4.79 Å². The number of rotatable bonds is 3. The van der Waals surface area contributed by atoms with Crippen LogP contribution in [0.5, 0.6) is 0 Å². The SMILES string of the molecule is O=C1CN(CCC(O)O)C(=O)N1. The van der Waals surface area contributed by atoms with Gasteiger partial charge >= 0.3 is 6.03 Å². The van der Waals surface area contributed by atoms with Crippen LogP contribution in [-0.4, -0.2) is 46.4 Å². The van der Waals surface area contributed by atoms with Gasteiger partial charge in [0.2, 0.25) is 5.91 Å². The molecule has 0 aromatic heterocycles. The molecule has 3 amide bonds. The molecule has 1 heterocycles. The maximum absolute atomic E-state index is 10.8. The summed E-state index contributed by atoms with van der Waals surface area (Å²) in [5.41, 5.74) is 0. The summed E-state index contributed by atoms with van der Waals surface area (Å²) >= 11 is 0. The van der Waals surface area contributed by atoms with E-state index in [1.54, 1.807) is 0 Å². The van der Waals surface area contributed by atoms with Gasteiger partial charge in [-0.25, -0.2) is 4.79 Å². The molecule has 6 nitrogen and oxygen atoms in total. The van der Waals surface area contributed by atoms with Crippen LogP contribution >= 0.6 is 0 Å². The molecule has 0 spiro atoms. The number of amides is 3. The Morgan fingerprint density at radius 1 is 1.50 bits per heavy atom. The van der Waals surface area contributed by atoms with E-state index in [2.05, 4.69) is 5.32 Å². The minimum Gasteiger partial charge on any atom is -0.368 e. The van der Waals surface area contributed by atoms with Crippen molar-refractivity contribution in [3.63, 3.8) is 0 Å². The lowest BCUT2D eigenvalue weighted by Gasteiger charge is -2.12. The zero-order valence-electron chi connectivity index (χ0n) is 6.36. The third kappa shape index (κ3) is 2.18. The molecule has 0 aromatic carbocycles. The van der Waals surface area contributed by atoms with Gasteiger partial charge in [-0.2, -0.15) is 0 Å². The van der Waals surface area contributed by atoms with Crippen LogP contribution < -0.4 is 5.32 Å². The first kappa shape index (κ1) is 8.95. The molecule has 1 fully saturated rings. The standard InChI is InChI=1S/C6H10N2O4/c9-4-3-8(6(12)7-4)2-1-5(10)11/h5,10-11H,1-3H2,(H,7,9,12). The first-order chi connectivity index (χ1) is 5.59. The molecular weight excluding hydrogens is 164 g/mol. The number of nitrogens with one attached hydrogen (secondary N) is 1. The number of nitrogens with zero attached hydrogens (tertiary/aromatic N) is 1. The monoisotopic (exact) mass is 174 g/mol. The molecule has 1 aliphatic heterocycles. The molecule has 12 heavy (non-hydrogen) atoms. The molecule has 1 saturated heterocycles. The topological polar surface area (TPSA) is 89.9 Å². The maximum atomic E-state index is 10.8. The van der Waals surface area contributed by atoms with Crippen LogP contribution in [0.2, 0.25) is 0 Å². The molecule has 1 rings (SSSR count). The lowest BCUT2D eigenvalue weighted by molar-refractivity contribution is -0.118. The number of carbonyl (C=O) groups is 2. The van der Waals surface area contributed by atoms with Crippen molar-refractivity contribution in [3.05, 3.63) is 0 Å². The average Bonchev–Trinajstić information content (AvgIpc) is 2.26. The Balaban J connectivity index is 2.33. The summed E-state index contributed by atoms with van der Waals surface area (Å²) in [6.45, 7) is 0.181. The van der Waals surface area contributed by atoms with Crippen LogP contribution in [0.15, 0.2) is 0 Å². The van der Waals surface area contributed by atoms with E-state index in [9.17, 15) is 9.59 Å². The van der Waals surface area contributed by atoms with Gasteiger partial charge in [0.05, 0.1) is 0 Å². The average molecular weight is 174 g/mol. The first-order valence-corrected chi connectivity index (χ1v) is 3.54. The van der Waals surface area contributed by atoms with Gasteiger partial charge in [0.1, 0.15) is 6.54 Å². The number of hydrogen-bond acceptors (Lipinski definition) is 4. The minimum absolute atomic E-state index is 0.00551. The predicted molar refractivity (Wildman–Crippen MR) is 38.0 cm³/mol. The van der Waals surface area contributed by atoms with E-state index in [1.807, 2.05) is 0 Å². The van der Waals surface area contributed by atoms with E-state index >= 15 is 0 Å². The fraction of sp³-hybridized carbons (Fsp3) is 0.667. The van der Waals surface area contributed by atoms with E-state index in [4.69, 9.17) is 10.2 Å². The van der Waals surface area contributed by atoms with Gasteiger partial charge in [0.25, 0.3) is 0 Å². The quantitative estimate of drug-likeness (QED) is 0.349. The molecule has 0 radical (unpaired) electrons. The number of aliphatic hydroxyl groups excluding tert-OH is 1. The Bertz CT molecular complexity index is 204. The summed E-state index contributed by atoms with van der Waals surface area (Å²) in [4.78, 5) is 22.7. The van der Waals surface area contributed by atoms with E-state index in [0.29, 0.717) is 0 Å². The molecule has 0 aliphatic carbocycles. The van der Waals surface area contributed by atoms with Crippen molar-refractivity contribution in [2.24, 2.45) is 0 Å². The number of urea groups is 1. The summed E-state index contributed by atoms with van der Waals surface area (Å²) < 4.78 is 0. The lowest BCUT2D eigenvalue weighted by Crippen LogP contribution is -2.30. The number of carbonyl (C=O) groups excluding carboxylic acids is 2. The fourth-order valence-electron chi connectivity index (χ4n) is 0.935. The first-order valence-electron chi connectivity index (χ1n) is 3.54. The van der Waals surface area contributed by atoms with E-state index in [0.717, 1.165) is 0 Å². The van der Waals surface area contributed by atoms with Gasteiger partial charge in [0.15, 0.2) is 6.29 Å². The van der Waals surface area contributed by atoms with E-state index in [1.165, 1.54) is 4.90 Å². The predicted octanol–water partition coefficient (Wildman–Crippen LogP) is -1.76. The lowest BCUT2D eigenvalue weighted by atomic mass is 10.4. The van der Waals surface area contributed by atoms with Crippen molar-refractivity contribution in [2.45, 2.75) is 12.7 Å². The van der Waals surface area contributed by atoms with Gasteiger partial charge in [0, 0.05) is 13.0 Å². The summed E-state index contributed by atoms with van der Waals surface area (Å²) in [6, 6.07) is -0.472. The second kappa shape index (κ2) is 3.51. The summed E-state index contributed by atoms with van der Waals surface area (Å²) in [7, 11) is 0. The molecule has 6 heteroatoms. The van der Waals surface area contributed by atoms with E-state index < -0.39 is 12.3 Å². The van der Waals surface area contributed by atoms with Gasteiger partial charge in [-0.15, -0.1) is 0 Å². The van der Waals surface area contributed by atoms with Gasteiger partial charge in [-0.1, -0.05) is 0 Å². The highest BCUT2D eigenvalue weighted by atomic mass is 16.5. The highest BCUT2D eigenvalue weighted by Gasteiger charge is 2.26.